The lowest BCUT2D eigenvalue weighted by Gasteiger charge is -2.35. The van der Waals surface area contributed by atoms with Crippen molar-refractivity contribution in [2.75, 3.05) is 12.4 Å². The van der Waals surface area contributed by atoms with E-state index in [4.69, 9.17) is 15.9 Å². The summed E-state index contributed by atoms with van der Waals surface area (Å²) in [6.07, 6.45) is 6.97. The molecular formula is C23H25N5O4. The summed E-state index contributed by atoms with van der Waals surface area (Å²) in [6, 6.07) is 10.2. The first kappa shape index (κ1) is 20.8. The van der Waals surface area contributed by atoms with Crippen LogP contribution in [-0.2, 0) is 15.1 Å². The number of nitrogens with one attached hydrogen (secondary N) is 1. The molecule has 6 atom stereocenters. The summed E-state index contributed by atoms with van der Waals surface area (Å²) in [4.78, 5) is 13.2. The van der Waals surface area contributed by atoms with Crippen LogP contribution in [0.3, 0.4) is 0 Å². The van der Waals surface area contributed by atoms with Gasteiger partial charge in [-0.3, -0.25) is 4.57 Å². The van der Waals surface area contributed by atoms with Crippen LogP contribution in [-0.4, -0.2) is 61.2 Å². The van der Waals surface area contributed by atoms with Gasteiger partial charge in [0.15, 0.2) is 23.2 Å². The van der Waals surface area contributed by atoms with Crippen LogP contribution in [0.2, 0.25) is 0 Å². The predicted octanol–water partition coefficient (Wildman–Crippen LogP) is 1.58. The molecule has 1 aromatic carbocycles. The quantitative estimate of drug-likeness (QED) is 0.518. The number of anilines is 1. The Kier molecular flexibility index (Phi) is 5.31. The number of fused-ring (bicyclic) bond motifs is 1. The third-order valence-corrected chi connectivity index (χ3v) is 6.58. The molecule has 166 valence electrons. The molecule has 1 aliphatic heterocycles. The number of rotatable bonds is 5. The van der Waals surface area contributed by atoms with Crippen molar-refractivity contribution in [1.82, 2.24) is 19.5 Å². The van der Waals surface area contributed by atoms with Crippen LogP contribution in [0.25, 0.3) is 11.2 Å². The molecule has 0 radical (unpaired) electrons. The Morgan fingerprint density at radius 3 is 2.75 bits per heavy atom. The van der Waals surface area contributed by atoms with E-state index < -0.39 is 30.1 Å². The van der Waals surface area contributed by atoms with E-state index in [1.54, 1.807) is 11.7 Å². The largest absolute Gasteiger partial charge is 0.386 e. The van der Waals surface area contributed by atoms with Crippen molar-refractivity contribution >= 4 is 17.0 Å². The van der Waals surface area contributed by atoms with Gasteiger partial charge in [-0.1, -0.05) is 36.3 Å². The van der Waals surface area contributed by atoms with Crippen molar-refractivity contribution in [2.24, 2.45) is 0 Å². The van der Waals surface area contributed by atoms with Gasteiger partial charge in [0.1, 0.15) is 30.2 Å². The maximum atomic E-state index is 10.4. The van der Waals surface area contributed by atoms with Gasteiger partial charge in [-0.05, 0) is 24.8 Å². The molecule has 9 nitrogen and oxygen atoms in total. The Morgan fingerprint density at radius 2 is 2.03 bits per heavy atom. The summed E-state index contributed by atoms with van der Waals surface area (Å²) in [5.41, 5.74) is 1.64. The van der Waals surface area contributed by atoms with E-state index in [9.17, 15) is 10.2 Å². The van der Waals surface area contributed by atoms with Crippen molar-refractivity contribution in [3.8, 4) is 12.3 Å². The van der Waals surface area contributed by atoms with E-state index in [1.165, 1.54) is 12.7 Å². The van der Waals surface area contributed by atoms with Gasteiger partial charge >= 0.3 is 0 Å². The molecule has 32 heavy (non-hydrogen) atoms. The lowest BCUT2D eigenvalue weighted by molar-refractivity contribution is -0.0230. The first-order chi connectivity index (χ1) is 15.6. The van der Waals surface area contributed by atoms with Crippen LogP contribution in [0.5, 0.6) is 0 Å². The number of aliphatic hydroxyl groups excluding tert-OH is 2. The number of aromatic nitrogens is 4. The monoisotopic (exact) mass is 435 g/mol. The molecule has 2 fully saturated rings. The standard InChI is InChI=1S/C23H25N5O4/c1-3-15-18(29)19(30)22(32-15)28-13-26-17-20(24-12-25-21(17)28)27-16-10-7-11-23(16,31-2)14-8-5-4-6-9-14/h1,4-6,8-9,12-13,15-16,18-19,22,29-30H,7,10-11H2,2H3,(H,24,25,27)/t15?,16-,18-,19-,22-,23+/m1/s1. The summed E-state index contributed by atoms with van der Waals surface area (Å²) in [5, 5.41) is 24.1. The minimum atomic E-state index is -1.20. The van der Waals surface area contributed by atoms with Gasteiger partial charge in [0.25, 0.3) is 0 Å². The fraction of sp³-hybridized carbons (Fsp3) is 0.435. The molecule has 2 aliphatic rings. The maximum absolute atomic E-state index is 10.4. The highest BCUT2D eigenvalue weighted by molar-refractivity contribution is 5.83. The SMILES string of the molecule is C#CC1O[C@@H](n2cnc3c(N[C@@H]4CCC[C@]4(OC)c4ccccc4)ncnc32)[C@H](O)[C@@H]1O. The van der Waals surface area contributed by atoms with Gasteiger partial charge in [-0.25, -0.2) is 15.0 Å². The second kappa shape index (κ2) is 8.15. The van der Waals surface area contributed by atoms with Crippen LogP contribution < -0.4 is 5.32 Å². The summed E-state index contributed by atoms with van der Waals surface area (Å²) in [5.74, 6) is 2.92. The van der Waals surface area contributed by atoms with Crippen LogP contribution in [0.15, 0.2) is 43.0 Å². The van der Waals surface area contributed by atoms with Gasteiger partial charge in [0.2, 0.25) is 0 Å². The first-order valence-corrected chi connectivity index (χ1v) is 10.6. The highest BCUT2D eigenvalue weighted by Crippen LogP contribution is 2.43. The zero-order valence-electron chi connectivity index (χ0n) is 17.6. The number of nitrogens with zero attached hydrogens (tertiary/aromatic N) is 4. The highest BCUT2D eigenvalue weighted by atomic mass is 16.6. The van der Waals surface area contributed by atoms with Crippen molar-refractivity contribution in [1.29, 1.82) is 0 Å². The van der Waals surface area contributed by atoms with Crippen molar-refractivity contribution in [3.63, 3.8) is 0 Å². The number of methoxy groups -OCH3 is 1. The predicted molar refractivity (Wildman–Crippen MR) is 116 cm³/mol. The number of hydrogen-bond donors (Lipinski definition) is 3. The summed E-state index contributed by atoms with van der Waals surface area (Å²) in [7, 11) is 1.74. The summed E-state index contributed by atoms with van der Waals surface area (Å²) < 4.78 is 13.3. The Hall–Kier alpha value is -3.03. The molecule has 0 spiro atoms. The lowest BCUT2D eigenvalue weighted by atomic mass is 9.88. The number of imidazole rings is 1. The van der Waals surface area contributed by atoms with Gasteiger partial charge in [0.05, 0.1) is 12.4 Å². The molecule has 3 heterocycles. The maximum Gasteiger partial charge on any atom is 0.167 e. The topological polar surface area (TPSA) is 115 Å². The average molecular weight is 435 g/mol. The molecule has 3 aromatic rings. The molecule has 0 bridgehead atoms. The van der Waals surface area contributed by atoms with Crippen LogP contribution in [0.4, 0.5) is 5.82 Å². The third-order valence-electron chi connectivity index (χ3n) is 6.58. The second-order valence-electron chi connectivity index (χ2n) is 8.19. The van der Waals surface area contributed by atoms with Crippen LogP contribution >= 0.6 is 0 Å². The minimum absolute atomic E-state index is 0.0147. The highest BCUT2D eigenvalue weighted by Gasteiger charge is 2.46. The van der Waals surface area contributed by atoms with Gasteiger partial charge in [0, 0.05) is 7.11 Å². The average Bonchev–Trinajstić information content (AvgIpc) is 3.52. The Balaban J connectivity index is 1.48. The molecule has 1 saturated heterocycles. The molecule has 3 N–H and O–H groups in total. The number of hydrogen-bond acceptors (Lipinski definition) is 8. The van der Waals surface area contributed by atoms with Gasteiger partial charge in [-0.2, -0.15) is 0 Å². The molecule has 1 aliphatic carbocycles. The summed E-state index contributed by atoms with van der Waals surface area (Å²) >= 11 is 0. The molecule has 1 saturated carbocycles. The number of ether oxygens (including phenoxy) is 2. The van der Waals surface area contributed by atoms with E-state index in [0.717, 1.165) is 24.8 Å². The van der Waals surface area contributed by atoms with E-state index in [-0.39, 0.29) is 6.04 Å². The van der Waals surface area contributed by atoms with E-state index in [0.29, 0.717) is 17.0 Å². The fourth-order valence-corrected chi connectivity index (χ4v) is 4.93. The number of terminal acetylenes is 1. The summed E-state index contributed by atoms with van der Waals surface area (Å²) in [6.45, 7) is 0. The molecule has 2 aromatic heterocycles. The molecule has 0 amide bonds. The smallest absolute Gasteiger partial charge is 0.167 e. The first-order valence-electron chi connectivity index (χ1n) is 10.6. The second-order valence-corrected chi connectivity index (χ2v) is 8.19. The van der Waals surface area contributed by atoms with Crippen LogP contribution in [0, 0.1) is 12.3 Å². The van der Waals surface area contributed by atoms with E-state index >= 15 is 0 Å². The zero-order valence-corrected chi connectivity index (χ0v) is 17.6. The number of benzene rings is 1. The van der Waals surface area contributed by atoms with Crippen LogP contribution in [0.1, 0.15) is 31.1 Å². The third kappa shape index (κ3) is 3.15. The van der Waals surface area contributed by atoms with E-state index in [1.807, 2.05) is 18.2 Å². The molecule has 9 heteroatoms. The number of aliphatic hydroxyl groups is 2. The molecular weight excluding hydrogens is 410 g/mol. The van der Waals surface area contributed by atoms with Gasteiger partial charge in [-0.15, -0.1) is 6.42 Å². The Bertz CT molecular complexity index is 1150. The Morgan fingerprint density at radius 1 is 1.22 bits per heavy atom. The minimum Gasteiger partial charge on any atom is -0.386 e. The van der Waals surface area contributed by atoms with Crippen molar-refractivity contribution in [2.45, 2.75) is 55.4 Å². The molecule has 1 unspecified atom stereocenters. The van der Waals surface area contributed by atoms with Crippen molar-refractivity contribution < 1.29 is 19.7 Å². The zero-order chi connectivity index (χ0) is 22.3. The van der Waals surface area contributed by atoms with E-state index in [2.05, 4.69) is 38.3 Å². The Labute approximate surface area is 185 Å². The fourth-order valence-electron chi connectivity index (χ4n) is 4.93. The van der Waals surface area contributed by atoms with Gasteiger partial charge < -0.3 is 25.0 Å². The van der Waals surface area contributed by atoms with Crippen molar-refractivity contribution in [3.05, 3.63) is 48.5 Å². The normalized spacial score (nSPS) is 32.2. The lowest BCUT2D eigenvalue weighted by Crippen LogP contribution is -2.41. The molecule has 5 rings (SSSR count).